The first-order chi connectivity index (χ1) is 9.70. The van der Waals surface area contributed by atoms with Crippen LogP contribution in [-0.2, 0) is 0 Å². The molecule has 0 bridgehead atoms. The first kappa shape index (κ1) is 16.3. The van der Waals surface area contributed by atoms with Crippen molar-refractivity contribution in [2.75, 3.05) is 20.1 Å². The summed E-state index contributed by atoms with van der Waals surface area (Å²) >= 11 is 0. The van der Waals surface area contributed by atoms with Crippen molar-refractivity contribution in [3.8, 4) is 0 Å². The maximum Gasteiger partial charge on any atom is 0.00958 e. The van der Waals surface area contributed by atoms with Crippen molar-refractivity contribution in [1.29, 1.82) is 0 Å². The Labute approximate surface area is 126 Å². The van der Waals surface area contributed by atoms with Crippen LogP contribution in [0.2, 0.25) is 0 Å². The quantitative estimate of drug-likeness (QED) is 0.756. The Balaban J connectivity index is 1.70. The zero-order valence-corrected chi connectivity index (χ0v) is 14.0. The van der Waals surface area contributed by atoms with Crippen molar-refractivity contribution in [1.82, 2.24) is 10.2 Å². The van der Waals surface area contributed by atoms with Gasteiger partial charge in [0.05, 0.1) is 0 Å². The van der Waals surface area contributed by atoms with Crippen molar-refractivity contribution >= 4 is 0 Å². The highest BCUT2D eigenvalue weighted by Crippen LogP contribution is 2.30. The number of nitrogens with zero attached hydrogens (tertiary/aromatic N) is 1. The molecule has 20 heavy (non-hydrogen) atoms. The Morgan fingerprint density at radius 3 is 2.65 bits per heavy atom. The highest BCUT2D eigenvalue weighted by Gasteiger charge is 2.28. The maximum atomic E-state index is 3.77. The molecule has 2 saturated carbocycles. The summed E-state index contributed by atoms with van der Waals surface area (Å²) in [6.45, 7) is 7.22. The molecular weight excluding hydrogens is 244 g/mol. The second-order valence-electron chi connectivity index (χ2n) is 7.45. The number of hydrogen-bond donors (Lipinski definition) is 1. The van der Waals surface area contributed by atoms with Crippen LogP contribution >= 0.6 is 0 Å². The standard InChI is InChI=1S/C18H36N2/c1-4-12-19-18-10-6-8-16(18)11-13-20(3)17-9-5-7-15(2)14-17/h15-19H,4-14H2,1-3H3. The molecular formula is C18H36N2. The van der Waals surface area contributed by atoms with E-state index in [1.165, 1.54) is 70.9 Å². The fourth-order valence-corrected chi connectivity index (χ4v) is 4.34. The number of rotatable bonds is 7. The lowest BCUT2D eigenvalue weighted by molar-refractivity contribution is 0.153. The van der Waals surface area contributed by atoms with Crippen LogP contribution in [0.3, 0.4) is 0 Å². The van der Waals surface area contributed by atoms with E-state index in [-0.39, 0.29) is 0 Å². The van der Waals surface area contributed by atoms with Crippen LogP contribution in [0.15, 0.2) is 0 Å². The van der Waals surface area contributed by atoms with Crippen molar-refractivity contribution in [3.63, 3.8) is 0 Å². The molecule has 0 aromatic heterocycles. The van der Waals surface area contributed by atoms with Gasteiger partial charge in [-0.05, 0) is 70.5 Å². The van der Waals surface area contributed by atoms with Crippen LogP contribution in [0.5, 0.6) is 0 Å². The van der Waals surface area contributed by atoms with Crippen molar-refractivity contribution in [2.24, 2.45) is 11.8 Å². The molecule has 2 rings (SSSR count). The third kappa shape index (κ3) is 4.73. The second-order valence-corrected chi connectivity index (χ2v) is 7.45. The van der Waals surface area contributed by atoms with Gasteiger partial charge in [-0.25, -0.2) is 0 Å². The van der Waals surface area contributed by atoms with E-state index < -0.39 is 0 Å². The van der Waals surface area contributed by atoms with Gasteiger partial charge in [0.1, 0.15) is 0 Å². The first-order valence-electron chi connectivity index (χ1n) is 9.14. The maximum absolute atomic E-state index is 3.77. The number of hydrogen-bond acceptors (Lipinski definition) is 2. The van der Waals surface area contributed by atoms with E-state index in [4.69, 9.17) is 0 Å². The average Bonchev–Trinajstić information content (AvgIpc) is 2.90. The third-order valence-electron chi connectivity index (χ3n) is 5.70. The van der Waals surface area contributed by atoms with E-state index in [0.717, 1.165) is 23.9 Å². The molecule has 0 aromatic carbocycles. The molecule has 2 aliphatic carbocycles. The number of nitrogens with one attached hydrogen (secondary N) is 1. The van der Waals surface area contributed by atoms with E-state index in [9.17, 15) is 0 Å². The van der Waals surface area contributed by atoms with Gasteiger partial charge in [-0.15, -0.1) is 0 Å². The molecule has 0 spiro atoms. The third-order valence-corrected chi connectivity index (χ3v) is 5.70. The molecule has 0 aliphatic heterocycles. The van der Waals surface area contributed by atoms with Gasteiger partial charge in [-0.1, -0.05) is 33.1 Å². The molecule has 2 heteroatoms. The Bertz CT molecular complexity index is 266. The van der Waals surface area contributed by atoms with Crippen LogP contribution in [0.1, 0.15) is 71.6 Å². The van der Waals surface area contributed by atoms with Crippen LogP contribution in [0.25, 0.3) is 0 Å². The minimum atomic E-state index is 0.814. The lowest BCUT2D eigenvalue weighted by atomic mass is 9.86. The summed E-state index contributed by atoms with van der Waals surface area (Å²) < 4.78 is 0. The molecule has 4 atom stereocenters. The van der Waals surface area contributed by atoms with Gasteiger partial charge < -0.3 is 10.2 Å². The molecule has 0 saturated heterocycles. The molecule has 4 unspecified atom stereocenters. The molecule has 1 N–H and O–H groups in total. The van der Waals surface area contributed by atoms with E-state index in [2.05, 4.69) is 31.1 Å². The van der Waals surface area contributed by atoms with Crippen LogP contribution < -0.4 is 5.32 Å². The van der Waals surface area contributed by atoms with Gasteiger partial charge in [0.15, 0.2) is 0 Å². The Morgan fingerprint density at radius 2 is 1.90 bits per heavy atom. The topological polar surface area (TPSA) is 15.3 Å². The van der Waals surface area contributed by atoms with Crippen LogP contribution in [0, 0.1) is 11.8 Å². The van der Waals surface area contributed by atoms with Crippen LogP contribution in [-0.4, -0.2) is 37.1 Å². The van der Waals surface area contributed by atoms with Gasteiger partial charge in [-0.3, -0.25) is 0 Å². The summed E-state index contributed by atoms with van der Waals surface area (Å²) in [5.41, 5.74) is 0. The molecule has 0 radical (unpaired) electrons. The van der Waals surface area contributed by atoms with E-state index in [1.807, 2.05) is 0 Å². The smallest absolute Gasteiger partial charge is 0.00958 e. The van der Waals surface area contributed by atoms with E-state index >= 15 is 0 Å². The summed E-state index contributed by atoms with van der Waals surface area (Å²) in [6, 6.07) is 1.68. The zero-order valence-electron chi connectivity index (χ0n) is 14.0. The minimum absolute atomic E-state index is 0.814. The summed E-state index contributed by atoms with van der Waals surface area (Å²) in [4.78, 5) is 2.67. The largest absolute Gasteiger partial charge is 0.314 e. The fraction of sp³-hybridized carbons (Fsp3) is 1.00. The average molecular weight is 280 g/mol. The van der Waals surface area contributed by atoms with E-state index in [1.54, 1.807) is 0 Å². The first-order valence-corrected chi connectivity index (χ1v) is 9.14. The lowest BCUT2D eigenvalue weighted by Gasteiger charge is -2.35. The monoisotopic (exact) mass is 280 g/mol. The van der Waals surface area contributed by atoms with Crippen molar-refractivity contribution in [2.45, 2.75) is 83.7 Å². The van der Waals surface area contributed by atoms with Crippen molar-refractivity contribution in [3.05, 3.63) is 0 Å². The molecule has 0 amide bonds. The summed E-state index contributed by atoms with van der Waals surface area (Å²) in [5, 5.41) is 3.77. The van der Waals surface area contributed by atoms with Crippen molar-refractivity contribution < 1.29 is 0 Å². The second kappa shape index (κ2) is 8.38. The Kier molecular flexibility index (Phi) is 6.83. The fourth-order valence-electron chi connectivity index (χ4n) is 4.34. The molecule has 2 aliphatic rings. The Morgan fingerprint density at radius 1 is 1.10 bits per heavy atom. The van der Waals surface area contributed by atoms with Gasteiger partial charge in [-0.2, -0.15) is 0 Å². The minimum Gasteiger partial charge on any atom is -0.314 e. The van der Waals surface area contributed by atoms with Gasteiger partial charge in [0.2, 0.25) is 0 Å². The zero-order chi connectivity index (χ0) is 14.4. The van der Waals surface area contributed by atoms with Crippen LogP contribution in [0.4, 0.5) is 0 Å². The van der Waals surface area contributed by atoms with Gasteiger partial charge in [0, 0.05) is 12.1 Å². The highest BCUT2D eigenvalue weighted by molar-refractivity contribution is 4.84. The molecule has 2 nitrogen and oxygen atoms in total. The molecule has 118 valence electrons. The SMILES string of the molecule is CCCNC1CCCC1CCN(C)C1CCCC(C)C1. The predicted octanol–water partition coefficient (Wildman–Crippen LogP) is 4.06. The van der Waals surface area contributed by atoms with Gasteiger partial charge in [0.25, 0.3) is 0 Å². The molecule has 0 aromatic rings. The highest BCUT2D eigenvalue weighted by atomic mass is 15.1. The normalized spacial score (nSPS) is 34.8. The van der Waals surface area contributed by atoms with Gasteiger partial charge >= 0.3 is 0 Å². The molecule has 2 fully saturated rings. The van der Waals surface area contributed by atoms with E-state index in [0.29, 0.717) is 0 Å². The lowest BCUT2D eigenvalue weighted by Crippen LogP contribution is -2.39. The summed E-state index contributed by atoms with van der Waals surface area (Å²) in [6.07, 6.45) is 12.7. The predicted molar refractivity (Wildman–Crippen MR) is 88.1 cm³/mol. The summed E-state index contributed by atoms with van der Waals surface area (Å²) in [7, 11) is 2.37. The Hall–Kier alpha value is -0.0800. The summed E-state index contributed by atoms with van der Waals surface area (Å²) in [5.74, 6) is 1.88. The molecule has 0 heterocycles.